The van der Waals surface area contributed by atoms with Gasteiger partial charge in [0.15, 0.2) is 11.6 Å². The Labute approximate surface area is 84.1 Å². The monoisotopic (exact) mass is 243 g/mol. The summed E-state index contributed by atoms with van der Waals surface area (Å²) in [6.07, 6.45) is 0. The maximum absolute atomic E-state index is 13.2. The fraction of sp³-hybridized carbons (Fsp3) is 0.222. The van der Waals surface area contributed by atoms with Crippen LogP contribution in [-0.4, -0.2) is 7.11 Å². The van der Waals surface area contributed by atoms with Gasteiger partial charge in [0.2, 0.25) is 0 Å². The van der Waals surface area contributed by atoms with Gasteiger partial charge in [0, 0.05) is 4.47 Å². The third-order valence-electron chi connectivity index (χ3n) is 1.75. The van der Waals surface area contributed by atoms with Crippen LogP contribution in [0.2, 0.25) is 0 Å². The Bertz CT molecular complexity index is 384. The average Bonchev–Trinajstić information content (AvgIpc) is 2.10. The summed E-state index contributed by atoms with van der Waals surface area (Å²) in [4.78, 5) is 0. The summed E-state index contributed by atoms with van der Waals surface area (Å²) < 4.78 is 18.5. The second-order valence-electron chi connectivity index (χ2n) is 2.49. The average molecular weight is 244 g/mol. The van der Waals surface area contributed by atoms with Gasteiger partial charge in [-0.1, -0.05) is 15.9 Å². The summed E-state index contributed by atoms with van der Waals surface area (Å²) in [5.41, 5.74) is 0.912. The van der Waals surface area contributed by atoms with Crippen molar-refractivity contribution in [3.63, 3.8) is 0 Å². The lowest BCUT2D eigenvalue weighted by molar-refractivity contribution is 0.384. The van der Waals surface area contributed by atoms with E-state index in [9.17, 15) is 4.39 Å². The lowest BCUT2D eigenvalue weighted by Crippen LogP contribution is -1.95. The van der Waals surface area contributed by atoms with Gasteiger partial charge in [0.05, 0.1) is 7.11 Å². The van der Waals surface area contributed by atoms with Crippen molar-refractivity contribution < 1.29 is 9.13 Å². The molecule has 0 saturated heterocycles. The van der Waals surface area contributed by atoms with E-state index in [2.05, 4.69) is 15.9 Å². The summed E-state index contributed by atoms with van der Waals surface area (Å²) >= 11 is 3.15. The third-order valence-corrected chi connectivity index (χ3v) is 2.57. The molecule has 68 valence electrons. The number of hydrogen-bond acceptors (Lipinski definition) is 2. The van der Waals surface area contributed by atoms with E-state index >= 15 is 0 Å². The normalized spacial score (nSPS) is 9.46. The quantitative estimate of drug-likeness (QED) is 0.760. The summed E-state index contributed by atoms with van der Waals surface area (Å²) in [6.45, 7) is 1.73. The van der Waals surface area contributed by atoms with Gasteiger partial charge in [0.1, 0.15) is 11.6 Å². The van der Waals surface area contributed by atoms with Gasteiger partial charge in [-0.2, -0.15) is 5.26 Å². The molecule has 0 aliphatic carbocycles. The van der Waals surface area contributed by atoms with Gasteiger partial charge in [0.25, 0.3) is 0 Å². The largest absolute Gasteiger partial charge is 0.492 e. The van der Waals surface area contributed by atoms with Gasteiger partial charge in [-0.3, -0.25) is 0 Å². The third kappa shape index (κ3) is 1.65. The molecule has 1 aromatic carbocycles. The molecule has 0 N–H and O–H groups in total. The van der Waals surface area contributed by atoms with E-state index in [0.717, 1.165) is 0 Å². The van der Waals surface area contributed by atoms with Gasteiger partial charge in [-0.25, -0.2) is 4.39 Å². The van der Waals surface area contributed by atoms with Crippen LogP contribution in [0.25, 0.3) is 0 Å². The molecule has 0 unspecified atom stereocenters. The fourth-order valence-electron chi connectivity index (χ4n) is 1.03. The van der Waals surface area contributed by atoms with Crippen LogP contribution in [0.3, 0.4) is 0 Å². The lowest BCUT2D eigenvalue weighted by Gasteiger charge is -2.07. The first-order valence-electron chi connectivity index (χ1n) is 3.54. The van der Waals surface area contributed by atoms with Gasteiger partial charge >= 0.3 is 0 Å². The minimum Gasteiger partial charge on any atom is -0.492 e. The maximum atomic E-state index is 13.2. The van der Waals surface area contributed by atoms with Crippen LogP contribution in [0.4, 0.5) is 4.39 Å². The number of halogens is 2. The van der Waals surface area contributed by atoms with E-state index in [0.29, 0.717) is 10.0 Å². The molecule has 1 rings (SSSR count). The predicted molar refractivity (Wildman–Crippen MR) is 50.1 cm³/mol. The Morgan fingerprint density at radius 1 is 1.62 bits per heavy atom. The first kappa shape index (κ1) is 10.0. The molecule has 13 heavy (non-hydrogen) atoms. The van der Waals surface area contributed by atoms with E-state index in [1.54, 1.807) is 6.92 Å². The summed E-state index contributed by atoms with van der Waals surface area (Å²) in [7, 11) is 1.34. The van der Waals surface area contributed by atoms with Gasteiger partial charge in [-0.15, -0.1) is 0 Å². The van der Waals surface area contributed by atoms with E-state index in [1.807, 2.05) is 6.07 Å². The molecule has 0 spiro atoms. The van der Waals surface area contributed by atoms with E-state index in [4.69, 9.17) is 10.00 Å². The van der Waals surface area contributed by atoms with Crippen molar-refractivity contribution in [3.05, 3.63) is 27.5 Å². The van der Waals surface area contributed by atoms with Crippen LogP contribution in [0, 0.1) is 24.1 Å². The molecule has 0 bridgehead atoms. The molecule has 4 heteroatoms. The molecule has 0 fully saturated rings. The molecule has 0 aliphatic heterocycles. The lowest BCUT2D eigenvalue weighted by atomic mass is 10.1. The van der Waals surface area contributed by atoms with Crippen molar-refractivity contribution in [3.8, 4) is 11.8 Å². The van der Waals surface area contributed by atoms with Crippen LogP contribution < -0.4 is 4.74 Å². The van der Waals surface area contributed by atoms with Crippen LogP contribution in [0.5, 0.6) is 5.75 Å². The number of methoxy groups -OCH3 is 1. The van der Waals surface area contributed by atoms with Gasteiger partial charge < -0.3 is 4.74 Å². The molecule has 0 amide bonds. The van der Waals surface area contributed by atoms with Crippen LogP contribution in [0.1, 0.15) is 11.1 Å². The van der Waals surface area contributed by atoms with Crippen molar-refractivity contribution in [2.24, 2.45) is 0 Å². The Morgan fingerprint density at radius 2 is 2.23 bits per heavy atom. The first-order chi connectivity index (χ1) is 6.11. The second-order valence-corrected chi connectivity index (χ2v) is 3.34. The molecule has 1 aromatic rings. The fourth-order valence-corrected chi connectivity index (χ4v) is 1.43. The van der Waals surface area contributed by atoms with E-state index < -0.39 is 5.82 Å². The summed E-state index contributed by atoms with van der Waals surface area (Å²) in [5.74, 6) is -0.528. The predicted octanol–water partition coefficient (Wildman–Crippen LogP) is 2.78. The number of nitrogens with zero attached hydrogens (tertiary/aromatic N) is 1. The van der Waals surface area contributed by atoms with Crippen molar-refractivity contribution >= 4 is 15.9 Å². The first-order valence-corrected chi connectivity index (χ1v) is 4.33. The Hall–Kier alpha value is -1.08. The Kier molecular flexibility index (Phi) is 2.89. The highest BCUT2D eigenvalue weighted by molar-refractivity contribution is 9.10. The zero-order chi connectivity index (χ0) is 10.0. The number of benzene rings is 1. The maximum Gasteiger partial charge on any atom is 0.172 e. The molecule has 0 heterocycles. The van der Waals surface area contributed by atoms with E-state index in [-0.39, 0.29) is 11.3 Å². The zero-order valence-electron chi connectivity index (χ0n) is 7.19. The highest BCUT2D eigenvalue weighted by Crippen LogP contribution is 2.30. The number of hydrogen-bond donors (Lipinski definition) is 0. The zero-order valence-corrected chi connectivity index (χ0v) is 8.77. The minimum atomic E-state index is -0.531. The number of rotatable bonds is 1. The standard InChI is InChI=1S/C9H7BrFNO/c1-5-6(4-12)9(13-2)8(11)3-7(5)10/h3H,1-2H3. The molecular weight excluding hydrogens is 237 g/mol. The molecule has 0 aromatic heterocycles. The minimum absolute atomic E-state index is 0.00296. The summed E-state index contributed by atoms with van der Waals surface area (Å²) in [6, 6.07) is 3.19. The Balaban J connectivity index is 3.53. The van der Waals surface area contributed by atoms with Crippen LogP contribution in [-0.2, 0) is 0 Å². The smallest absolute Gasteiger partial charge is 0.172 e. The SMILES string of the molecule is COc1c(F)cc(Br)c(C)c1C#N. The Morgan fingerprint density at radius 3 is 2.69 bits per heavy atom. The number of nitriles is 1. The highest BCUT2D eigenvalue weighted by atomic mass is 79.9. The highest BCUT2D eigenvalue weighted by Gasteiger charge is 2.14. The van der Waals surface area contributed by atoms with Crippen LogP contribution >= 0.6 is 15.9 Å². The molecular formula is C9H7BrFNO. The number of ether oxygens (including phenoxy) is 1. The molecule has 0 radical (unpaired) electrons. The summed E-state index contributed by atoms with van der Waals surface area (Å²) in [5, 5.41) is 8.76. The molecule has 0 saturated carbocycles. The van der Waals surface area contributed by atoms with Crippen molar-refractivity contribution in [1.29, 1.82) is 5.26 Å². The molecule has 2 nitrogen and oxygen atoms in total. The molecule has 0 atom stereocenters. The van der Waals surface area contributed by atoms with Crippen molar-refractivity contribution in [2.45, 2.75) is 6.92 Å². The second kappa shape index (κ2) is 3.75. The van der Waals surface area contributed by atoms with E-state index in [1.165, 1.54) is 13.2 Å². The van der Waals surface area contributed by atoms with Crippen LogP contribution in [0.15, 0.2) is 10.5 Å². The topological polar surface area (TPSA) is 33.0 Å². The van der Waals surface area contributed by atoms with Gasteiger partial charge in [-0.05, 0) is 18.6 Å². The van der Waals surface area contributed by atoms with Crippen molar-refractivity contribution in [2.75, 3.05) is 7.11 Å². The molecule has 0 aliphatic rings. The van der Waals surface area contributed by atoms with Crippen molar-refractivity contribution in [1.82, 2.24) is 0 Å².